The van der Waals surface area contributed by atoms with Crippen LogP contribution < -0.4 is 10.1 Å². The Bertz CT molecular complexity index is 631. The van der Waals surface area contributed by atoms with Gasteiger partial charge in [-0.25, -0.2) is 0 Å². The van der Waals surface area contributed by atoms with Crippen molar-refractivity contribution in [3.63, 3.8) is 0 Å². The van der Waals surface area contributed by atoms with Gasteiger partial charge in [0.05, 0.1) is 17.9 Å². The Balaban J connectivity index is 2.24. The number of hydrogen-bond acceptors (Lipinski definition) is 2. The lowest BCUT2D eigenvalue weighted by Crippen LogP contribution is -2.14. The number of anilines is 1. The molecule has 3 nitrogen and oxygen atoms in total. The van der Waals surface area contributed by atoms with Gasteiger partial charge in [0.25, 0.3) is 5.91 Å². The number of benzene rings is 2. The number of nitrogens with one attached hydrogen (secondary N) is 1. The van der Waals surface area contributed by atoms with Crippen LogP contribution in [0.3, 0.4) is 0 Å². The summed E-state index contributed by atoms with van der Waals surface area (Å²) in [5.74, 6) is 0.380. The van der Waals surface area contributed by atoms with Crippen molar-refractivity contribution in [3.05, 3.63) is 56.6 Å². The van der Waals surface area contributed by atoms with E-state index in [2.05, 4.69) is 27.9 Å². The summed E-state index contributed by atoms with van der Waals surface area (Å²) in [6, 6.07) is 12.5. The lowest BCUT2D eigenvalue weighted by Gasteiger charge is -2.11. The number of carbonyl (C=O) groups is 1. The van der Waals surface area contributed by atoms with Crippen molar-refractivity contribution >= 4 is 45.8 Å². The van der Waals surface area contributed by atoms with Crippen LogP contribution in [0.5, 0.6) is 5.75 Å². The summed E-state index contributed by atoms with van der Waals surface area (Å²) in [4.78, 5) is 12.3. The summed E-state index contributed by atoms with van der Waals surface area (Å²) in [7, 11) is 0. The van der Waals surface area contributed by atoms with E-state index < -0.39 is 0 Å². The van der Waals surface area contributed by atoms with Gasteiger partial charge in [0.2, 0.25) is 0 Å². The van der Waals surface area contributed by atoms with E-state index in [-0.39, 0.29) is 5.91 Å². The van der Waals surface area contributed by atoms with Crippen molar-refractivity contribution in [1.82, 2.24) is 0 Å². The Kier molecular flexibility index (Phi) is 5.25. The van der Waals surface area contributed by atoms with Crippen molar-refractivity contribution in [3.8, 4) is 5.75 Å². The maximum absolute atomic E-state index is 12.3. The molecule has 2 rings (SSSR count). The highest BCUT2D eigenvalue weighted by molar-refractivity contribution is 14.1. The molecule has 0 unspecified atom stereocenters. The molecule has 0 heterocycles. The summed E-state index contributed by atoms with van der Waals surface area (Å²) in [6.45, 7) is 2.40. The molecular formula is C15H13ClINO2. The molecule has 0 aromatic heterocycles. The Hall–Kier alpha value is -1.27. The molecule has 0 radical (unpaired) electrons. The second kappa shape index (κ2) is 6.95. The minimum atomic E-state index is -0.200. The second-order valence-electron chi connectivity index (χ2n) is 4.01. The summed E-state index contributed by atoms with van der Waals surface area (Å²) in [5, 5.41) is 3.51. The highest BCUT2D eigenvalue weighted by Crippen LogP contribution is 2.24. The van der Waals surface area contributed by atoms with Crippen LogP contribution in [0, 0.1) is 3.57 Å². The zero-order valence-corrected chi connectivity index (χ0v) is 13.7. The lowest BCUT2D eigenvalue weighted by molar-refractivity contribution is 0.102. The number of ether oxygens (including phenoxy) is 1. The molecule has 0 spiro atoms. The first-order valence-electron chi connectivity index (χ1n) is 6.10. The average Bonchev–Trinajstić information content (AvgIpc) is 2.43. The highest BCUT2D eigenvalue weighted by atomic mass is 127. The minimum absolute atomic E-state index is 0.200. The molecule has 1 N–H and O–H groups in total. The van der Waals surface area contributed by atoms with E-state index >= 15 is 0 Å². The molecule has 0 saturated carbocycles. The quantitative estimate of drug-likeness (QED) is 0.761. The van der Waals surface area contributed by atoms with E-state index in [1.54, 1.807) is 30.3 Å². The van der Waals surface area contributed by atoms with Gasteiger partial charge in [-0.15, -0.1) is 0 Å². The largest absolute Gasteiger partial charge is 0.493 e. The first-order valence-corrected chi connectivity index (χ1v) is 7.55. The van der Waals surface area contributed by atoms with Crippen molar-refractivity contribution in [2.45, 2.75) is 6.92 Å². The zero-order chi connectivity index (χ0) is 14.5. The molecule has 0 aliphatic heterocycles. The first-order chi connectivity index (χ1) is 9.61. The maximum Gasteiger partial charge on any atom is 0.259 e. The lowest BCUT2D eigenvalue weighted by atomic mass is 10.2. The van der Waals surface area contributed by atoms with Crippen LogP contribution in [0.4, 0.5) is 5.69 Å². The Morgan fingerprint density at radius 1 is 1.30 bits per heavy atom. The van der Waals surface area contributed by atoms with Crippen LogP contribution in [0.25, 0.3) is 0 Å². The van der Waals surface area contributed by atoms with Crippen LogP contribution in [0.2, 0.25) is 5.02 Å². The van der Waals surface area contributed by atoms with Crippen molar-refractivity contribution in [1.29, 1.82) is 0 Å². The van der Waals surface area contributed by atoms with E-state index in [4.69, 9.17) is 16.3 Å². The van der Waals surface area contributed by atoms with Gasteiger partial charge in [0, 0.05) is 8.59 Å². The number of carbonyl (C=O) groups excluding carboxylic acids is 1. The topological polar surface area (TPSA) is 38.3 Å². The molecule has 2 aromatic rings. The van der Waals surface area contributed by atoms with Gasteiger partial charge < -0.3 is 10.1 Å². The fourth-order valence-electron chi connectivity index (χ4n) is 1.72. The van der Waals surface area contributed by atoms with Gasteiger partial charge in [-0.1, -0.05) is 23.7 Å². The molecule has 0 bridgehead atoms. The zero-order valence-electron chi connectivity index (χ0n) is 10.8. The van der Waals surface area contributed by atoms with E-state index in [1.807, 2.05) is 19.1 Å². The van der Waals surface area contributed by atoms with Gasteiger partial charge in [-0.2, -0.15) is 0 Å². The summed E-state index contributed by atoms with van der Waals surface area (Å²) < 4.78 is 6.35. The van der Waals surface area contributed by atoms with Gasteiger partial charge >= 0.3 is 0 Å². The summed E-state index contributed by atoms with van der Waals surface area (Å²) in [6.07, 6.45) is 0. The Morgan fingerprint density at radius 2 is 2.05 bits per heavy atom. The summed E-state index contributed by atoms with van der Waals surface area (Å²) >= 11 is 8.03. The number of rotatable bonds is 4. The average molecular weight is 402 g/mol. The molecule has 0 atom stereocenters. The standard InChI is InChI=1S/C15H13ClINO2/c1-2-20-14-6-4-3-5-11(14)15(19)18-13-8-7-10(16)9-12(13)17/h3-9H,2H2,1H3,(H,18,19). The number of amides is 1. The van der Waals surface area contributed by atoms with Crippen LogP contribution in [-0.4, -0.2) is 12.5 Å². The predicted octanol–water partition coefficient (Wildman–Crippen LogP) is 4.60. The van der Waals surface area contributed by atoms with Crippen molar-refractivity contribution < 1.29 is 9.53 Å². The van der Waals surface area contributed by atoms with Crippen LogP contribution >= 0.6 is 34.2 Å². The van der Waals surface area contributed by atoms with Crippen LogP contribution in [-0.2, 0) is 0 Å². The second-order valence-corrected chi connectivity index (χ2v) is 5.61. The SMILES string of the molecule is CCOc1ccccc1C(=O)Nc1ccc(Cl)cc1I. The van der Waals surface area contributed by atoms with Crippen LogP contribution in [0.15, 0.2) is 42.5 Å². The molecule has 104 valence electrons. The number of hydrogen-bond donors (Lipinski definition) is 1. The normalized spacial score (nSPS) is 10.2. The van der Waals surface area contributed by atoms with Crippen molar-refractivity contribution in [2.75, 3.05) is 11.9 Å². The summed E-state index contributed by atoms with van der Waals surface area (Å²) in [5.41, 5.74) is 1.24. The first kappa shape index (κ1) is 15.1. The molecule has 0 fully saturated rings. The molecule has 0 aliphatic carbocycles. The Labute approximate surface area is 136 Å². The van der Waals surface area contributed by atoms with Gasteiger partial charge in [0.1, 0.15) is 5.75 Å². The monoisotopic (exact) mass is 401 g/mol. The van der Waals surface area contributed by atoms with E-state index in [0.717, 1.165) is 9.26 Å². The molecule has 2 aromatic carbocycles. The highest BCUT2D eigenvalue weighted by Gasteiger charge is 2.13. The molecular weight excluding hydrogens is 389 g/mol. The minimum Gasteiger partial charge on any atom is -0.493 e. The van der Waals surface area contributed by atoms with E-state index in [1.165, 1.54) is 0 Å². The molecule has 0 aliphatic rings. The smallest absolute Gasteiger partial charge is 0.259 e. The molecule has 20 heavy (non-hydrogen) atoms. The number of halogens is 2. The predicted molar refractivity (Wildman–Crippen MR) is 89.7 cm³/mol. The fourth-order valence-corrected chi connectivity index (χ4v) is 2.72. The third kappa shape index (κ3) is 3.64. The fraction of sp³-hybridized carbons (Fsp3) is 0.133. The van der Waals surface area contributed by atoms with E-state index in [0.29, 0.717) is 22.9 Å². The van der Waals surface area contributed by atoms with Gasteiger partial charge in [0.15, 0.2) is 0 Å². The molecule has 1 amide bonds. The van der Waals surface area contributed by atoms with Gasteiger partial charge in [-0.3, -0.25) is 4.79 Å². The third-order valence-electron chi connectivity index (χ3n) is 2.61. The third-order valence-corrected chi connectivity index (χ3v) is 3.74. The van der Waals surface area contributed by atoms with Gasteiger partial charge in [-0.05, 0) is 59.8 Å². The Morgan fingerprint density at radius 3 is 2.75 bits per heavy atom. The molecule has 5 heteroatoms. The van der Waals surface area contributed by atoms with E-state index in [9.17, 15) is 4.79 Å². The maximum atomic E-state index is 12.3. The molecule has 0 saturated heterocycles. The van der Waals surface area contributed by atoms with Crippen molar-refractivity contribution in [2.24, 2.45) is 0 Å². The van der Waals surface area contributed by atoms with Crippen LogP contribution in [0.1, 0.15) is 17.3 Å². The number of para-hydroxylation sites is 1.